The molecule has 0 aliphatic heterocycles. The van der Waals surface area contributed by atoms with E-state index in [9.17, 15) is 0 Å². The first kappa shape index (κ1) is 18.0. The third kappa shape index (κ3) is 9.04. The Morgan fingerprint density at radius 1 is 0.688 bits per heavy atom. The maximum Gasteiger partial charge on any atom is 0.337 e. The maximum absolute atomic E-state index is 5.66. The van der Waals surface area contributed by atoms with E-state index >= 15 is 0 Å². The van der Waals surface area contributed by atoms with Gasteiger partial charge in [0.1, 0.15) is 0 Å². The van der Waals surface area contributed by atoms with E-state index < -0.39 is 25.3 Å². The third-order valence-electron chi connectivity index (χ3n) is 0.965. The molecule has 16 heavy (non-hydrogen) atoms. The van der Waals surface area contributed by atoms with Crippen molar-refractivity contribution in [2.75, 3.05) is 17.6 Å². The molecule has 0 aliphatic carbocycles. The Bertz CT molecular complexity index is 150. The highest BCUT2D eigenvalue weighted by Gasteiger charge is 2.24. The Labute approximate surface area is 125 Å². The van der Waals surface area contributed by atoms with Gasteiger partial charge in [0.2, 0.25) is 0 Å². The van der Waals surface area contributed by atoms with E-state index in [1.807, 2.05) is 0 Å². The van der Waals surface area contributed by atoms with Crippen LogP contribution in [-0.2, 0) is 13.6 Å². The Kier molecular flexibility index (Phi) is 12.3. The molecule has 0 rings (SSSR count). The molecule has 0 heterocycles. The van der Waals surface area contributed by atoms with Crippen molar-refractivity contribution in [3.05, 3.63) is 0 Å². The van der Waals surface area contributed by atoms with Crippen molar-refractivity contribution < 1.29 is 13.6 Å². The molecule has 0 spiro atoms. The maximum atomic E-state index is 5.66. The van der Waals surface area contributed by atoms with Gasteiger partial charge in [-0.05, 0) is 0 Å². The summed E-state index contributed by atoms with van der Waals surface area (Å²) in [4.78, 5) is 0. The van der Waals surface area contributed by atoms with Gasteiger partial charge < -0.3 is 0 Å². The molecular formula is C6H9Cl6O3P. The molecule has 0 N–H and O–H groups in total. The molecule has 0 aliphatic rings. The van der Waals surface area contributed by atoms with E-state index in [0.717, 1.165) is 0 Å². The standard InChI is InChI=1S/C6H9Cl6O3P/c7-1-4(10)13-16(14-5(11)2-8)15-6(12)3-9/h4-6H,1-3H2. The summed E-state index contributed by atoms with van der Waals surface area (Å²) in [7, 11) is -1.85. The predicted molar refractivity (Wildman–Crippen MR) is 71.3 cm³/mol. The highest BCUT2D eigenvalue weighted by Crippen LogP contribution is 2.45. The highest BCUT2D eigenvalue weighted by atomic mass is 35.5. The van der Waals surface area contributed by atoms with Crippen LogP contribution < -0.4 is 0 Å². The van der Waals surface area contributed by atoms with Crippen molar-refractivity contribution in [2.24, 2.45) is 0 Å². The lowest BCUT2D eigenvalue weighted by Crippen LogP contribution is -2.13. The van der Waals surface area contributed by atoms with Crippen LogP contribution in [-0.4, -0.2) is 34.3 Å². The Morgan fingerprint density at radius 3 is 1.12 bits per heavy atom. The number of hydrogen-bond acceptors (Lipinski definition) is 3. The van der Waals surface area contributed by atoms with Gasteiger partial charge in [0.15, 0.2) is 16.7 Å². The van der Waals surface area contributed by atoms with Gasteiger partial charge >= 0.3 is 8.60 Å². The quantitative estimate of drug-likeness (QED) is 0.434. The molecule has 0 aromatic carbocycles. The SMILES string of the molecule is ClCC(Cl)OP(OC(Cl)CCl)OC(Cl)CCl. The molecule has 0 saturated carbocycles. The molecule has 0 aromatic rings. The first-order chi connectivity index (χ1) is 7.53. The van der Waals surface area contributed by atoms with Crippen LogP contribution in [0.5, 0.6) is 0 Å². The normalized spacial score (nSPS) is 19.1. The topological polar surface area (TPSA) is 27.7 Å². The molecule has 3 nitrogen and oxygen atoms in total. The van der Waals surface area contributed by atoms with E-state index in [0.29, 0.717) is 0 Å². The van der Waals surface area contributed by atoms with Crippen LogP contribution in [0.4, 0.5) is 0 Å². The summed E-state index contributed by atoms with van der Waals surface area (Å²) in [6.45, 7) is 0. The van der Waals surface area contributed by atoms with Crippen molar-refractivity contribution in [1.82, 2.24) is 0 Å². The molecule has 0 radical (unpaired) electrons. The first-order valence-electron chi connectivity index (χ1n) is 3.94. The van der Waals surface area contributed by atoms with Gasteiger partial charge in [0.05, 0.1) is 17.6 Å². The number of alkyl halides is 6. The lowest BCUT2D eigenvalue weighted by molar-refractivity contribution is 0.144. The van der Waals surface area contributed by atoms with Crippen LogP contribution in [0.25, 0.3) is 0 Å². The van der Waals surface area contributed by atoms with Crippen molar-refractivity contribution >= 4 is 78.2 Å². The van der Waals surface area contributed by atoms with Crippen molar-refractivity contribution in [3.63, 3.8) is 0 Å². The van der Waals surface area contributed by atoms with Gasteiger partial charge in [0, 0.05) is 0 Å². The van der Waals surface area contributed by atoms with Crippen LogP contribution in [0.15, 0.2) is 0 Å². The summed E-state index contributed by atoms with van der Waals surface area (Å²) >= 11 is 33.4. The zero-order chi connectivity index (χ0) is 12.6. The van der Waals surface area contributed by atoms with Gasteiger partial charge in [-0.2, -0.15) is 0 Å². The second-order valence-electron chi connectivity index (χ2n) is 2.23. The molecule has 3 atom stereocenters. The fraction of sp³-hybridized carbons (Fsp3) is 1.00. The van der Waals surface area contributed by atoms with Gasteiger partial charge in [0.25, 0.3) is 0 Å². The molecule has 3 unspecified atom stereocenters. The average Bonchev–Trinajstić information content (AvgIpc) is 2.28. The minimum absolute atomic E-state index is 0.0642. The lowest BCUT2D eigenvalue weighted by atomic mass is 10.9. The van der Waals surface area contributed by atoms with E-state index in [1.54, 1.807) is 0 Å². The number of hydrogen-bond donors (Lipinski definition) is 0. The smallest absolute Gasteiger partial charge is 0.291 e. The van der Waals surface area contributed by atoms with Gasteiger partial charge in [-0.1, -0.05) is 34.8 Å². The van der Waals surface area contributed by atoms with Gasteiger partial charge in [-0.25, -0.2) is 0 Å². The van der Waals surface area contributed by atoms with Crippen LogP contribution in [0.2, 0.25) is 0 Å². The highest BCUT2D eigenvalue weighted by molar-refractivity contribution is 7.42. The summed E-state index contributed by atoms with van der Waals surface area (Å²) in [5.41, 5.74) is -2.32. The second-order valence-corrected chi connectivity index (χ2v) is 5.70. The average molecular weight is 373 g/mol. The summed E-state index contributed by atoms with van der Waals surface area (Å²) in [5.74, 6) is 0.193. The van der Waals surface area contributed by atoms with E-state index in [-0.39, 0.29) is 17.6 Å². The first-order valence-corrected chi connectivity index (χ1v) is 7.94. The molecule has 98 valence electrons. The molecule has 0 fully saturated rings. The summed E-state index contributed by atoms with van der Waals surface area (Å²) in [6, 6.07) is 0. The van der Waals surface area contributed by atoms with Crippen LogP contribution in [0.1, 0.15) is 0 Å². The summed E-state index contributed by atoms with van der Waals surface area (Å²) < 4.78 is 15.3. The number of rotatable bonds is 9. The third-order valence-corrected chi connectivity index (χ3v) is 4.66. The molecular weight excluding hydrogens is 364 g/mol. The van der Waals surface area contributed by atoms with Crippen LogP contribution >= 0.6 is 78.2 Å². The summed E-state index contributed by atoms with van der Waals surface area (Å²) in [6.07, 6.45) is 0. The zero-order valence-corrected chi connectivity index (χ0v) is 13.2. The second kappa shape index (κ2) is 10.9. The Balaban J connectivity index is 4.15. The Hall–Kier alpha value is 2.05. The van der Waals surface area contributed by atoms with Crippen LogP contribution in [0, 0.1) is 0 Å². The van der Waals surface area contributed by atoms with Crippen molar-refractivity contribution in [3.8, 4) is 0 Å². The molecule has 10 heteroatoms. The molecule has 0 aromatic heterocycles. The molecule has 0 saturated heterocycles. The Morgan fingerprint density at radius 2 is 0.938 bits per heavy atom. The van der Waals surface area contributed by atoms with Crippen molar-refractivity contribution in [2.45, 2.75) is 16.7 Å². The van der Waals surface area contributed by atoms with Gasteiger partial charge in [-0.3, -0.25) is 13.6 Å². The minimum atomic E-state index is -1.85. The molecule has 0 bridgehead atoms. The fourth-order valence-corrected chi connectivity index (χ4v) is 2.41. The lowest BCUT2D eigenvalue weighted by Gasteiger charge is -2.21. The number of halogens is 6. The zero-order valence-electron chi connectivity index (χ0n) is 7.79. The van der Waals surface area contributed by atoms with Crippen LogP contribution in [0.3, 0.4) is 0 Å². The minimum Gasteiger partial charge on any atom is -0.291 e. The summed E-state index contributed by atoms with van der Waals surface area (Å²) in [5, 5.41) is 0. The van der Waals surface area contributed by atoms with E-state index in [2.05, 4.69) is 0 Å². The fourth-order valence-electron chi connectivity index (χ4n) is 0.439. The van der Waals surface area contributed by atoms with E-state index in [4.69, 9.17) is 83.2 Å². The van der Waals surface area contributed by atoms with Gasteiger partial charge in [-0.15, -0.1) is 34.8 Å². The predicted octanol–water partition coefficient (Wildman–Crippen LogP) is 4.67. The largest absolute Gasteiger partial charge is 0.337 e. The monoisotopic (exact) mass is 370 g/mol. The van der Waals surface area contributed by atoms with E-state index in [1.165, 1.54) is 0 Å². The molecule has 0 amide bonds. The van der Waals surface area contributed by atoms with Crippen molar-refractivity contribution in [1.29, 1.82) is 0 Å².